The molecule has 0 bridgehead atoms. The average Bonchev–Trinajstić information content (AvgIpc) is 3.37. The zero-order chi connectivity index (χ0) is 17.2. The lowest BCUT2D eigenvalue weighted by atomic mass is 10.1. The minimum atomic E-state index is -0.0290. The van der Waals surface area contributed by atoms with Crippen LogP contribution in [0.15, 0.2) is 36.7 Å². The summed E-state index contributed by atoms with van der Waals surface area (Å²) in [4.78, 5) is 14.8. The van der Waals surface area contributed by atoms with Crippen molar-refractivity contribution in [2.45, 2.75) is 44.8 Å². The third kappa shape index (κ3) is 3.26. The number of urea groups is 1. The Morgan fingerprint density at radius 3 is 3.00 bits per heavy atom. The molecular weight excluding hydrogens is 316 g/mol. The fourth-order valence-electron chi connectivity index (χ4n) is 3.83. The molecule has 132 valence electrons. The van der Waals surface area contributed by atoms with Gasteiger partial charge < -0.3 is 15.0 Å². The number of nitrogens with one attached hydrogen (secondary N) is 1. The van der Waals surface area contributed by atoms with Crippen molar-refractivity contribution in [1.29, 1.82) is 0 Å². The summed E-state index contributed by atoms with van der Waals surface area (Å²) in [6, 6.07) is 8.04. The maximum Gasteiger partial charge on any atom is 0.322 e. The molecule has 2 saturated heterocycles. The van der Waals surface area contributed by atoms with Gasteiger partial charge in [-0.25, -0.2) is 9.48 Å². The second kappa shape index (κ2) is 6.88. The summed E-state index contributed by atoms with van der Waals surface area (Å²) >= 11 is 0. The molecule has 4 rings (SSSR count). The molecule has 25 heavy (non-hydrogen) atoms. The molecule has 3 heterocycles. The Bertz CT molecular complexity index is 738. The van der Waals surface area contributed by atoms with Crippen LogP contribution in [0.1, 0.15) is 31.2 Å². The number of benzene rings is 1. The van der Waals surface area contributed by atoms with E-state index in [-0.39, 0.29) is 18.2 Å². The lowest BCUT2D eigenvalue weighted by Gasteiger charge is -2.29. The molecular formula is C19H24N4O2. The van der Waals surface area contributed by atoms with Gasteiger partial charge in [0.25, 0.3) is 0 Å². The van der Waals surface area contributed by atoms with Crippen LogP contribution in [-0.2, 0) is 4.74 Å². The molecule has 0 radical (unpaired) electrons. The zero-order valence-corrected chi connectivity index (χ0v) is 14.5. The minimum Gasteiger partial charge on any atom is -0.376 e. The van der Waals surface area contributed by atoms with Gasteiger partial charge in [0.15, 0.2) is 0 Å². The number of anilines is 1. The van der Waals surface area contributed by atoms with E-state index in [4.69, 9.17) is 4.74 Å². The number of carbonyl (C=O) groups is 1. The van der Waals surface area contributed by atoms with E-state index in [2.05, 4.69) is 10.4 Å². The van der Waals surface area contributed by atoms with Crippen molar-refractivity contribution in [1.82, 2.24) is 14.7 Å². The first-order chi connectivity index (χ1) is 12.2. The summed E-state index contributed by atoms with van der Waals surface area (Å²) in [7, 11) is 0. The summed E-state index contributed by atoms with van der Waals surface area (Å²) in [6.45, 7) is 3.62. The maximum absolute atomic E-state index is 12.9. The van der Waals surface area contributed by atoms with Crippen LogP contribution in [0.4, 0.5) is 10.5 Å². The Morgan fingerprint density at radius 2 is 2.24 bits per heavy atom. The number of nitrogens with zero attached hydrogens (tertiary/aromatic N) is 3. The van der Waals surface area contributed by atoms with Crippen LogP contribution in [0, 0.1) is 6.92 Å². The molecule has 1 N–H and O–H groups in total. The van der Waals surface area contributed by atoms with Gasteiger partial charge in [0.05, 0.1) is 17.8 Å². The van der Waals surface area contributed by atoms with Crippen molar-refractivity contribution in [2.24, 2.45) is 0 Å². The molecule has 2 amide bonds. The number of aromatic nitrogens is 2. The van der Waals surface area contributed by atoms with Crippen molar-refractivity contribution < 1.29 is 9.53 Å². The van der Waals surface area contributed by atoms with E-state index in [9.17, 15) is 4.79 Å². The SMILES string of the molecule is Cc1ccc(-n2cccn2)cc1NC(=O)N1CCCC1C1CCCO1. The van der Waals surface area contributed by atoms with E-state index < -0.39 is 0 Å². The van der Waals surface area contributed by atoms with Gasteiger partial charge in [0.2, 0.25) is 0 Å². The van der Waals surface area contributed by atoms with Gasteiger partial charge in [0, 0.05) is 31.2 Å². The van der Waals surface area contributed by atoms with E-state index in [1.807, 2.05) is 42.3 Å². The van der Waals surface area contributed by atoms with Crippen LogP contribution in [0.2, 0.25) is 0 Å². The standard InChI is InChI=1S/C19H24N4O2/c1-14-7-8-15(23-11-4-9-20-23)13-16(14)21-19(24)22-10-2-5-17(22)18-6-3-12-25-18/h4,7-9,11,13,17-18H,2-3,5-6,10,12H2,1H3,(H,21,24). The molecule has 2 aliphatic rings. The maximum atomic E-state index is 12.9. The first kappa shape index (κ1) is 16.1. The van der Waals surface area contributed by atoms with E-state index >= 15 is 0 Å². The van der Waals surface area contributed by atoms with Gasteiger partial charge in [-0.1, -0.05) is 6.07 Å². The highest BCUT2D eigenvalue weighted by atomic mass is 16.5. The fourth-order valence-corrected chi connectivity index (χ4v) is 3.83. The number of amides is 2. The summed E-state index contributed by atoms with van der Waals surface area (Å²) < 4.78 is 7.62. The van der Waals surface area contributed by atoms with Crippen molar-refractivity contribution >= 4 is 11.7 Å². The van der Waals surface area contributed by atoms with E-state index in [0.717, 1.165) is 55.8 Å². The Balaban J connectivity index is 1.51. The number of hydrogen-bond acceptors (Lipinski definition) is 3. The van der Waals surface area contributed by atoms with Crippen molar-refractivity contribution in [3.63, 3.8) is 0 Å². The second-order valence-electron chi connectivity index (χ2n) is 6.83. The molecule has 0 spiro atoms. The molecule has 0 aliphatic carbocycles. The molecule has 2 fully saturated rings. The Labute approximate surface area is 147 Å². The van der Waals surface area contributed by atoms with Gasteiger partial charge in [-0.2, -0.15) is 5.10 Å². The Kier molecular flexibility index (Phi) is 4.44. The molecule has 0 saturated carbocycles. The molecule has 2 aromatic rings. The Hall–Kier alpha value is -2.34. The normalized spacial score (nSPS) is 23.2. The summed E-state index contributed by atoms with van der Waals surface area (Å²) in [5.41, 5.74) is 2.80. The number of carbonyl (C=O) groups excluding carboxylic acids is 1. The molecule has 6 heteroatoms. The Morgan fingerprint density at radius 1 is 1.32 bits per heavy atom. The van der Waals surface area contributed by atoms with Gasteiger partial charge in [0.1, 0.15) is 0 Å². The van der Waals surface area contributed by atoms with Gasteiger partial charge in [-0.3, -0.25) is 0 Å². The smallest absolute Gasteiger partial charge is 0.322 e. The van der Waals surface area contributed by atoms with Crippen LogP contribution in [-0.4, -0.2) is 46.0 Å². The first-order valence-electron chi connectivity index (χ1n) is 9.02. The number of hydrogen-bond donors (Lipinski definition) is 1. The predicted molar refractivity (Wildman–Crippen MR) is 96.0 cm³/mol. The van der Waals surface area contributed by atoms with Crippen LogP contribution in [0.5, 0.6) is 0 Å². The highest BCUT2D eigenvalue weighted by Crippen LogP contribution is 2.29. The minimum absolute atomic E-state index is 0.0290. The topological polar surface area (TPSA) is 59.4 Å². The third-order valence-corrected chi connectivity index (χ3v) is 5.19. The average molecular weight is 340 g/mol. The lowest BCUT2D eigenvalue weighted by molar-refractivity contribution is 0.0543. The van der Waals surface area contributed by atoms with E-state index in [1.54, 1.807) is 10.9 Å². The summed E-state index contributed by atoms with van der Waals surface area (Å²) in [5.74, 6) is 0. The quantitative estimate of drug-likeness (QED) is 0.932. The fraction of sp³-hybridized carbons (Fsp3) is 0.474. The van der Waals surface area contributed by atoms with Crippen molar-refractivity contribution in [2.75, 3.05) is 18.5 Å². The van der Waals surface area contributed by atoms with Gasteiger partial charge in [-0.15, -0.1) is 0 Å². The molecule has 1 aromatic heterocycles. The molecule has 1 aromatic carbocycles. The van der Waals surface area contributed by atoms with E-state index in [0.29, 0.717) is 0 Å². The highest BCUT2D eigenvalue weighted by molar-refractivity contribution is 5.91. The van der Waals surface area contributed by atoms with Crippen LogP contribution >= 0.6 is 0 Å². The zero-order valence-electron chi connectivity index (χ0n) is 14.5. The van der Waals surface area contributed by atoms with Crippen LogP contribution in [0.3, 0.4) is 0 Å². The number of rotatable bonds is 3. The van der Waals surface area contributed by atoms with E-state index in [1.165, 1.54) is 0 Å². The van der Waals surface area contributed by atoms with Crippen molar-refractivity contribution in [3.05, 3.63) is 42.2 Å². The first-order valence-corrected chi connectivity index (χ1v) is 9.02. The van der Waals surface area contributed by atoms with Crippen LogP contribution < -0.4 is 5.32 Å². The summed E-state index contributed by atoms with van der Waals surface area (Å²) in [6.07, 6.45) is 8.07. The number of ether oxygens (including phenoxy) is 1. The third-order valence-electron chi connectivity index (χ3n) is 5.19. The molecule has 2 aliphatic heterocycles. The van der Waals surface area contributed by atoms with Gasteiger partial charge in [-0.05, 0) is 56.4 Å². The van der Waals surface area contributed by atoms with Crippen molar-refractivity contribution in [3.8, 4) is 5.69 Å². The highest BCUT2D eigenvalue weighted by Gasteiger charge is 2.36. The number of aryl methyl sites for hydroxylation is 1. The molecule has 2 unspecified atom stereocenters. The largest absolute Gasteiger partial charge is 0.376 e. The molecule has 2 atom stereocenters. The monoisotopic (exact) mass is 340 g/mol. The lowest BCUT2D eigenvalue weighted by Crippen LogP contribution is -2.44. The predicted octanol–water partition coefficient (Wildman–Crippen LogP) is 3.36. The van der Waals surface area contributed by atoms with Gasteiger partial charge >= 0.3 is 6.03 Å². The van der Waals surface area contributed by atoms with Crippen LogP contribution in [0.25, 0.3) is 5.69 Å². The second-order valence-corrected chi connectivity index (χ2v) is 6.83. The molecule has 6 nitrogen and oxygen atoms in total. The summed E-state index contributed by atoms with van der Waals surface area (Å²) in [5, 5.41) is 7.35. The number of likely N-dealkylation sites (tertiary alicyclic amines) is 1.